The lowest BCUT2D eigenvalue weighted by Crippen LogP contribution is -2.40. The second-order valence-electron chi connectivity index (χ2n) is 7.58. The molecule has 1 aliphatic carbocycles. The molecule has 2 heterocycles. The Labute approximate surface area is 168 Å². The zero-order chi connectivity index (χ0) is 20.5. The number of amides is 1. The van der Waals surface area contributed by atoms with E-state index < -0.39 is 0 Å². The summed E-state index contributed by atoms with van der Waals surface area (Å²) in [5, 5.41) is 8.35. The molecular formula is C21H25N5O3. The van der Waals surface area contributed by atoms with Gasteiger partial charge in [0.25, 0.3) is 11.5 Å². The van der Waals surface area contributed by atoms with Crippen molar-refractivity contribution in [3.05, 3.63) is 52.6 Å². The minimum Gasteiger partial charge on any atom is -0.496 e. The van der Waals surface area contributed by atoms with Crippen LogP contribution < -0.4 is 21.3 Å². The number of pyridine rings is 1. The normalized spacial score (nSPS) is 19.3. The number of rotatable bonds is 4. The quantitative estimate of drug-likeness (QED) is 0.700. The van der Waals surface area contributed by atoms with Gasteiger partial charge in [0.1, 0.15) is 11.4 Å². The maximum absolute atomic E-state index is 12.9. The Morgan fingerprint density at radius 1 is 1.28 bits per heavy atom. The predicted octanol–water partition coefficient (Wildman–Crippen LogP) is 1.73. The summed E-state index contributed by atoms with van der Waals surface area (Å²) in [6.07, 6.45) is 7.04. The van der Waals surface area contributed by atoms with Crippen molar-refractivity contribution in [2.75, 3.05) is 7.11 Å². The largest absolute Gasteiger partial charge is 0.496 e. The molecule has 3 aromatic rings. The number of nitrogens with two attached hydrogens (primary N) is 1. The molecule has 0 atom stereocenters. The molecule has 8 heteroatoms. The highest BCUT2D eigenvalue weighted by atomic mass is 16.5. The fourth-order valence-electron chi connectivity index (χ4n) is 3.81. The summed E-state index contributed by atoms with van der Waals surface area (Å²) < 4.78 is 8.48. The molecule has 0 radical (unpaired) electrons. The Balaban J connectivity index is 1.67. The van der Waals surface area contributed by atoms with Crippen LogP contribution in [0.15, 0.2) is 41.5 Å². The van der Waals surface area contributed by atoms with E-state index in [0.717, 1.165) is 31.1 Å². The Morgan fingerprint density at radius 2 is 2.03 bits per heavy atom. The Bertz CT molecular complexity index is 1110. The SMILES string of the molecule is COc1cc2nn(-c3cccn(C)c3=O)cc2cc1C(=O)NC1CCC(N)CC1. The number of nitrogens with zero attached hydrogens (tertiary/aromatic N) is 3. The number of fused-ring (bicyclic) bond motifs is 1. The van der Waals surface area contributed by atoms with Crippen LogP contribution in [0.1, 0.15) is 36.0 Å². The van der Waals surface area contributed by atoms with Gasteiger partial charge in [0.05, 0.1) is 18.2 Å². The molecule has 8 nitrogen and oxygen atoms in total. The standard InChI is InChI=1S/C21H25N5O3/c1-25-9-3-4-18(21(25)28)26-12-13-10-16(19(29-2)11-17(13)24-26)20(27)23-15-7-5-14(22)6-8-15/h3-4,9-12,14-15H,5-8,22H2,1-2H3,(H,23,27). The van der Waals surface area contributed by atoms with Gasteiger partial charge in [-0.05, 0) is 43.9 Å². The van der Waals surface area contributed by atoms with Gasteiger partial charge in [-0.1, -0.05) is 0 Å². The van der Waals surface area contributed by atoms with E-state index in [9.17, 15) is 9.59 Å². The minimum atomic E-state index is -0.174. The first-order valence-electron chi connectivity index (χ1n) is 9.76. The number of methoxy groups -OCH3 is 1. The Kier molecular flexibility index (Phi) is 5.10. The van der Waals surface area contributed by atoms with Crippen molar-refractivity contribution in [3.8, 4) is 11.4 Å². The summed E-state index contributed by atoms with van der Waals surface area (Å²) in [5.74, 6) is 0.279. The van der Waals surface area contributed by atoms with E-state index in [2.05, 4.69) is 10.4 Å². The molecule has 1 aliphatic rings. The molecule has 2 aromatic heterocycles. The van der Waals surface area contributed by atoms with Crippen molar-refractivity contribution in [1.29, 1.82) is 0 Å². The summed E-state index contributed by atoms with van der Waals surface area (Å²) in [6, 6.07) is 7.34. The summed E-state index contributed by atoms with van der Waals surface area (Å²) in [4.78, 5) is 25.3. The summed E-state index contributed by atoms with van der Waals surface area (Å²) >= 11 is 0. The van der Waals surface area contributed by atoms with Gasteiger partial charge in [0, 0.05) is 43.0 Å². The molecule has 0 bridgehead atoms. The third-order valence-electron chi connectivity index (χ3n) is 5.53. The average Bonchev–Trinajstić information content (AvgIpc) is 3.13. The van der Waals surface area contributed by atoms with Crippen molar-refractivity contribution < 1.29 is 9.53 Å². The number of hydrogen-bond acceptors (Lipinski definition) is 5. The van der Waals surface area contributed by atoms with Crippen molar-refractivity contribution in [1.82, 2.24) is 19.7 Å². The molecule has 0 aliphatic heterocycles. The van der Waals surface area contributed by atoms with E-state index in [0.29, 0.717) is 22.5 Å². The van der Waals surface area contributed by atoms with Crippen LogP contribution in [0.3, 0.4) is 0 Å². The monoisotopic (exact) mass is 395 g/mol. The number of hydrogen-bond donors (Lipinski definition) is 2. The Morgan fingerprint density at radius 3 is 2.76 bits per heavy atom. The van der Waals surface area contributed by atoms with Gasteiger partial charge >= 0.3 is 0 Å². The van der Waals surface area contributed by atoms with Gasteiger partial charge in [0.2, 0.25) is 0 Å². The smallest absolute Gasteiger partial charge is 0.276 e. The van der Waals surface area contributed by atoms with E-state index in [1.165, 1.54) is 16.4 Å². The molecule has 29 heavy (non-hydrogen) atoms. The molecule has 1 saturated carbocycles. The van der Waals surface area contributed by atoms with E-state index >= 15 is 0 Å². The topological polar surface area (TPSA) is 104 Å². The van der Waals surface area contributed by atoms with Gasteiger partial charge in [0.15, 0.2) is 0 Å². The Hall–Kier alpha value is -3.13. The predicted molar refractivity (Wildman–Crippen MR) is 111 cm³/mol. The number of nitrogens with one attached hydrogen (secondary N) is 1. The molecule has 0 saturated heterocycles. The van der Waals surface area contributed by atoms with Gasteiger partial charge < -0.3 is 20.4 Å². The van der Waals surface area contributed by atoms with Crippen molar-refractivity contribution in [3.63, 3.8) is 0 Å². The lowest BCUT2D eigenvalue weighted by Gasteiger charge is -2.27. The molecule has 152 valence electrons. The third kappa shape index (κ3) is 3.75. The fraction of sp³-hybridized carbons (Fsp3) is 0.381. The maximum Gasteiger partial charge on any atom is 0.276 e. The van der Waals surface area contributed by atoms with Gasteiger partial charge in [-0.15, -0.1) is 0 Å². The van der Waals surface area contributed by atoms with Crippen molar-refractivity contribution in [2.24, 2.45) is 12.8 Å². The molecule has 1 amide bonds. The van der Waals surface area contributed by atoms with Crippen LogP contribution in [-0.4, -0.2) is 39.4 Å². The van der Waals surface area contributed by atoms with E-state index in [-0.39, 0.29) is 23.6 Å². The highest BCUT2D eigenvalue weighted by Gasteiger charge is 2.23. The van der Waals surface area contributed by atoms with E-state index in [4.69, 9.17) is 10.5 Å². The first-order chi connectivity index (χ1) is 14.0. The molecular weight excluding hydrogens is 370 g/mol. The lowest BCUT2D eigenvalue weighted by atomic mass is 9.91. The number of carbonyl (C=O) groups is 1. The number of benzene rings is 1. The highest BCUT2D eigenvalue weighted by Crippen LogP contribution is 2.27. The minimum absolute atomic E-state index is 0.123. The van der Waals surface area contributed by atoms with Crippen LogP contribution in [0.5, 0.6) is 5.75 Å². The van der Waals surface area contributed by atoms with Gasteiger partial charge in [-0.25, -0.2) is 4.68 Å². The van der Waals surface area contributed by atoms with Crippen molar-refractivity contribution in [2.45, 2.75) is 37.8 Å². The first-order valence-corrected chi connectivity index (χ1v) is 9.76. The summed E-state index contributed by atoms with van der Waals surface area (Å²) in [5.41, 5.74) is 7.34. The molecule has 0 spiro atoms. The second-order valence-corrected chi connectivity index (χ2v) is 7.58. The first kappa shape index (κ1) is 19.2. The highest BCUT2D eigenvalue weighted by molar-refractivity contribution is 6.01. The number of aromatic nitrogens is 3. The number of ether oxygens (including phenoxy) is 1. The molecule has 1 aromatic carbocycles. The average molecular weight is 395 g/mol. The second kappa shape index (κ2) is 7.71. The zero-order valence-electron chi connectivity index (χ0n) is 16.6. The van der Waals surface area contributed by atoms with Gasteiger partial charge in [-0.3, -0.25) is 9.59 Å². The van der Waals surface area contributed by atoms with Crippen LogP contribution in [0, 0.1) is 0 Å². The molecule has 0 unspecified atom stereocenters. The number of carbonyl (C=O) groups excluding carboxylic acids is 1. The van der Waals surface area contributed by atoms with E-state index in [1.807, 2.05) is 0 Å². The molecule has 4 rings (SSSR count). The van der Waals surface area contributed by atoms with E-state index in [1.54, 1.807) is 43.7 Å². The third-order valence-corrected chi connectivity index (χ3v) is 5.53. The zero-order valence-corrected chi connectivity index (χ0v) is 16.6. The van der Waals surface area contributed by atoms with Crippen LogP contribution in [-0.2, 0) is 7.05 Å². The summed E-state index contributed by atoms with van der Waals surface area (Å²) in [6.45, 7) is 0. The molecule has 1 fully saturated rings. The van der Waals surface area contributed by atoms with Crippen molar-refractivity contribution >= 4 is 16.8 Å². The van der Waals surface area contributed by atoms with Gasteiger partial charge in [-0.2, -0.15) is 5.10 Å². The lowest BCUT2D eigenvalue weighted by molar-refractivity contribution is 0.0923. The maximum atomic E-state index is 12.9. The molecule has 3 N–H and O–H groups in total. The van der Waals surface area contributed by atoms with Crippen LogP contribution in [0.4, 0.5) is 0 Å². The van der Waals surface area contributed by atoms with Crippen LogP contribution in [0.2, 0.25) is 0 Å². The number of aryl methyl sites for hydroxylation is 1. The summed E-state index contributed by atoms with van der Waals surface area (Å²) in [7, 11) is 3.22. The fourth-order valence-corrected chi connectivity index (χ4v) is 3.81. The van der Waals surface area contributed by atoms with Crippen LogP contribution >= 0.6 is 0 Å². The van der Waals surface area contributed by atoms with Crippen LogP contribution in [0.25, 0.3) is 16.6 Å².